The minimum atomic E-state index is -0.734. The quantitative estimate of drug-likeness (QED) is 0.645. The molecule has 1 aliphatic rings. The van der Waals surface area contributed by atoms with E-state index in [9.17, 15) is 4.79 Å². The second-order valence-corrected chi connectivity index (χ2v) is 7.40. The van der Waals surface area contributed by atoms with Crippen molar-refractivity contribution in [3.63, 3.8) is 0 Å². The van der Waals surface area contributed by atoms with Crippen LogP contribution in [0, 0.1) is 5.92 Å². The average Bonchev–Trinajstić information content (AvgIpc) is 2.70. The van der Waals surface area contributed by atoms with Gasteiger partial charge in [0.05, 0.1) is 5.41 Å². The lowest BCUT2D eigenvalue weighted by Gasteiger charge is -2.38. The van der Waals surface area contributed by atoms with Crippen LogP contribution in [0.25, 0.3) is 0 Å². The number of methoxy groups -OCH3 is 1. The normalized spacial score (nSPS) is 23.0. The van der Waals surface area contributed by atoms with Gasteiger partial charge in [0.25, 0.3) is 0 Å². The molecule has 3 rings (SSSR count). The summed E-state index contributed by atoms with van der Waals surface area (Å²) >= 11 is 1.70. The van der Waals surface area contributed by atoms with Crippen LogP contribution in [0.5, 0.6) is 0 Å². The number of carbonyl (C=O) groups excluding carboxylic acids is 1. The zero-order valence-electron chi connectivity index (χ0n) is 15.4. The number of hydrogen-bond acceptors (Lipinski definition) is 3. The number of carbonyl (C=O) groups is 1. The van der Waals surface area contributed by atoms with Gasteiger partial charge in [-0.3, -0.25) is 4.79 Å². The maximum atomic E-state index is 13.8. The van der Waals surface area contributed by atoms with E-state index >= 15 is 0 Å². The predicted octanol–water partition coefficient (Wildman–Crippen LogP) is 5.37. The van der Waals surface area contributed by atoms with Gasteiger partial charge < -0.3 is 4.74 Å². The van der Waals surface area contributed by atoms with Crippen molar-refractivity contribution in [2.75, 3.05) is 13.4 Å². The summed E-state index contributed by atoms with van der Waals surface area (Å²) in [6, 6.07) is 18.0. The van der Waals surface area contributed by atoms with E-state index in [0.717, 1.165) is 11.1 Å². The van der Waals surface area contributed by atoms with Gasteiger partial charge in [0, 0.05) is 12.0 Å². The van der Waals surface area contributed by atoms with Crippen molar-refractivity contribution >= 4 is 17.5 Å². The van der Waals surface area contributed by atoms with Gasteiger partial charge in [-0.25, -0.2) is 0 Å². The summed E-state index contributed by atoms with van der Waals surface area (Å²) in [7, 11) is 1.60. The summed E-state index contributed by atoms with van der Waals surface area (Å²) in [5.41, 5.74) is 1.16. The highest BCUT2D eigenvalue weighted by atomic mass is 32.2. The first kappa shape index (κ1) is 18.7. The number of hydrogen-bond donors (Lipinski definition) is 0. The van der Waals surface area contributed by atoms with Gasteiger partial charge in [-0.1, -0.05) is 73.7 Å². The molecule has 0 bridgehead atoms. The molecule has 0 saturated heterocycles. The minimum absolute atomic E-state index is 0.0430. The number of ketones is 1. The molecule has 3 atom stereocenters. The largest absolute Gasteiger partial charge is 0.369 e. The molecule has 2 nitrogen and oxygen atoms in total. The lowest BCUT2D eigenvalue weighted by Crippen LogP contribution is -2.43. The third-order valence-electron chi connectivity index (χ3n) is 5.14. The highest BCUT2D eigenvalue weighted by Crippen LogP contribution is 2.42. The van der Waals surface area contributed by atoms with Gasteiger partial charge in [0.15, 0.2) is 5.78 Å². The highest BCUT2D eigenvalue weighted by molar-refractivity contribution is 7.98. The molecule has 0 fully saturated rings. The highest BCUT2D eigenvalue weighted by Gasteiger charge is 2.46. The summed E-state index contributed by atoms with van der Waals surface area (Å²) < 4.78 is 5.68. The fourth-order valence-corrected chi connectivity index (χ4v) is 4.06. The van der Waals surface area contributed by atoms with Crippen molar-refractivity contribution < 1.29 is 9.53 Å². The molecular formula is C23H24O2S. The SMILES string of the molecule is COC(C(=O)C1(c2ccc(SC)cc2)C=CC=CC1C)c1ccccc1. The van der Waals surface area contributed by atoms with Crippen LogP contribution >= 0.6 is 11.8 Å². The summed E-state index contributed by atoms with van der Waals surface area (Å²) in [5.74, 6) is 0.109. The third kappa shape index (κ3) is 3.29. The van der Waals surface area contributed by atoms with Crippen molar-refractivity contribution in [2.45, 2.75) is 23.3 Å². The lowest BCUT2D eigenvalue weighted by atomic mass is 9.64. The second-order valence-electron chi connectivity index (χ2n) is 6.52. The first-order chi connectivity index (χ1) is 12.6. The molecule has 0 aliphatic heterocycles. The topological polar surface area (TPSA) is 26.3 Å². The van der Waals surface area contributed by atoms with E-state index in [1.165, 1.54) is 4.90 Å². The van der Waals surface area contributed by atoms with E-state index in [1.807, 2.05) is 48.6 Å². The van der Waals surface area contributed by atoms with Crippen LogP contribution in [-0.2, 0) is 14.9 Å². The van der Waals surface area contributed by atoms with Gasteiger partial charge in [0.2, 0.25) is 0 Å². The smallest absolute Gasteiger partial charge is 0.180 e. The molecule has 0 amide bonds. The molecule has 0 saturated carbocycles. The van der Waals surface area contributed by atoms with Crippen LogP contribution in [0.1, 0.15) is 24.2 Å². The van der Waals surface area contributed by atoms with Gasteiger partial charge in [-0.05, 0) is 35.4 Å². The van der Waals surface area contributed by atoms with E-state index < -0.39 is 11.5 Å². The Morgan fingerprint density at radius 3 is 2.35 bits per heavy atom. The predicted molar refractivity (Wildman–Crippen MR) is 109 cm³/mol. The number of rotatable bonds is 6. The number of benzene rings is 2. The summed E-state index contributed by atoms with van der Waals surface area (Å²) in [6.07, 6.45) is 9.56. The molecule has 2 aromatic carbocycles. The maximum Gasteiger partial charge on any atom is 0.180 e. The Labute approximate surface area is 160 Å². The molecule has 26 heavy (non-hydrogen) atoms. The Hall–Kier alpha value is -2.10. The fraction of sp³-hybridized carbons (Fsp3) is 0.261. The minimum Gasteiger partial charge on any atom is -0.369 e. The van der Waals surface area contributed by atoms with E-state index in [4.69, 9.17) is 4.74 Å². The average molecular weight is 365 g/mol. The molecule has 0 heterocycles. The van der Waals surface area contributed by atoms with Gasteiger partial charge in [-0.15, -0.1) is 11.8 Å². The van der Waals surface area contributed by atoms with Crippen LogP contribution in [0.15, 0.2) is 83.8 Å². The maximum absolute atomic E-state index is 13.8. The molecule has 0 N–H and O–H groups in total. The number of ether oxygens (including phenoxy) is 1. The van der Waals surface area contributed by atoms with E-state index in [1.54, 1.807) is 18.9 Å². The Kier molecular flexibility index (Phi) is 5.80. The van der Waals surface area contributed by atoms with Crippen molar-refractivity contribution in [3.05, 3.63) is 90.0 Å². The number of thioether (sulfide) groups is 1. The molecule has 2 aromatic rings. The Bertz CT molecular complexity index is 808. The van der Waals surface area contributed by atoms with Crippen molar-refractivity contribution in [1.82, 2.24) is 0 Å². The third-order valence-corrected chi connectivity index (χ3v) is 5.88. The molecule has 3 unspecified atom stereocenters. The first-order valence-electron chi connectivity index (χ1n) is 8.76. The summed E-state index contributed by atoms with van der Waals surface area (Å²) in [5, 5.41) is 0. The monoisotopic (exact) mass is 364 g/mol. The first-order valence-corrected chi connectivity index (χ1v) is 9.98. The Balaban J connectivity index is 2.10. The van der Waals surface area contributed by atoms with Crippen molar-refractivity contribution in [3.8, 4) is 0 Å². The zero-order valence-corrected chi connectivity index (χ0v) is 16.2. The van der Waals surface area contributed by atoms with Gasteiger partial charge >= 0.3 is 0 Å². The van der Waals surface area contributed by atoms with Gasteiger partial charge in [-0.2, -0.15) is 0 Å². The standard InChI is InChI=1S/C23H24O2S/c1-17-9-7-8-16-23(17,19-12-14-20(26-3)15-13-19)22(24)21(25-2)18-10-5-4-6-11-18/h4-17,21H,1-3H3. The molecular weight excluding hydrogens is 340 g/mol. The fourth-order valence-electron chi connectivity index (χ4n) is 3.66. The van der Waals surface area contributed by atoms with Crippen molar-refractivity contribution in [2.24, 2.45) is 5.92 Å². The number of Topliss-reactive ketones (excluding diaryl/α,β-unsaturated/α-hetero) is 1. The molecule has 1 aliphatic carbocycles. The Morgan fingerprint density at radius 1 is 1.08 bits per heavy atom. The van der Waals surface area contributed by atoms with Crippen LogP contribution in [0.3, 0.4) is 0 Å². The molecule has 0 radical (unpaired) electrons. The van der Waals surface area contributed by atoms with Crippen LogP contribution in [0.4, 0.5) is 0 Å². The summed E-state index contributed by atoms with van der Waals surface area (Å²) in [4.78, 5) is 15.0. The van der Waals surface area contributed by atoms with E-state index in [2.05, 4.69) is 43.5 Å². The second kappa shape index (κ2) is 8.07. The van der Waals surface area contributed by atoms with Gasteiger partial charge in [0.1, 0.15) is 6.10 Å². The molecule has 0 spiro atoms. The van der Waals surface area contributed by atoms with E-state index in [-0.39, 0.29) is 11.7 Å². The molecule has 134 valence electrons. The molecule has 3 heteroatoms. The van der Waals surface area contributed by atoms with Crippen LogP contribution in [0.2, 0.25) is 0 Å². The summed E-state index contributed by atoms with van der Waals surface area (Å²) in [6.45, 7) is 2.10. The van der Waals surface area contributed by atoms with E-state index in [0.29, 0.717) is 0 Å². The van der Waals surface area contributed by atoms with Crippen molar-refractivity contribution in [1.29, 1.82) is 0 Å². The van der Waals surface area contributed by atoms with Crippen LogP contribution < -0.4 is 0 Å². The lowest BCUT2D eigenvalue weighted by molar-refractivity contribution is -0.134. The number of allylic oxidation sites excluding steroid dienone is 4. The molecule has 0 aromatic heterocycles. The zero-order chi connectivity index (χ0) is 18.6. The van der Waals surface area contributed by atoms with Crippen LogP contribution in [-0.4, -0.2) is 19.1 Å². The Morgan fingerprint density at radius 2 is 1.77 bits per heavy atom.